The molecule has 0 spiro atoms. The monoisotopic (exact) mass is 260 g/mol. The van der Waals surface area contributed by atoms with Gasteiger partial charge in [-0.05, 0) is 45.2 Å². The van der Waals surface area contributed by atoms with Crippen LogP contribution >= 0.6 is 0 Å². The Morgan fingerprint density at radius 1 is 1.47 bits per heavy atom. The van der Waals surface area contributed by atoms with Gasteiger partial charge < -0.3 is 5.32 Å². The van der Waals surface area contributed by atoms with Crippen molar-refractivity contribution in [2.24, 2.45) is 11.8 Å². The first kappa shape index (κ1) is 14.7. The van der Waals surface area contributed by atoms with Crippen LogP contribution in [0.2, 0.25) is 0 Å². The number of rotatable bonds is 6. The van der Waals surface area contributed by atoms with E-state index in [0.29, 0.717) is 18.4 Å². The predicted molar refractivity (Wildman–Crippen MR) is 71.4 cm³/mol. The summed E-state index contributed by atoms with van der Waals surface area (Å²) in [6, 6.07) is 0. The van der Waals surface area contributed by atoms with E-state index in [2.05, 4.69) is 30.0 Å². The number of sulfonamides is 1. The van der Waals surface area contributed by atoms with Crippen molar-refractivity contribution in [3.05, 3.63) is 11.6 Å². The minimum Gasteiger partial charge on any atom is -0.315 e. The SMILES string of the molecule is CNS(=O)(=O)CCNCC1CC(C)=CC(C)C1. The van der Waals surface area contributed by atoms with E-state index in [1.807, 2.05) is 0 Å². The van der Waals surface area contributed by atoms with Crippen LogP contribution in [-0.4, -0.2) is 34.3 Å². The molecular weight excluding hydrogens is 236 g/mol. The van der Waals surface area contributed by atoms with Gasteiger partial charge in [-0.1, -0.05) is 18.6 Å². The van der Waals surface area contributed by atoms with Crippen molar-refractivity contribution in [1.29, 1.82) is 0 Å². The van der Waals surface area contributed by atoms with Crippen molar-refractivity contribution < 1.29 is 8.42 Å². The standard InChI is InChI=1S/C12H24N2O2S/c1-10-6-11(2)8-12(7-10)9-14-4-5-17(15,16)13-3/h6,10,12-14H,4-5,7-9H2,1-3H3. The molecule has 17 heavy (non-hydrogen) atoms. The van der Waals surface area contributed by atoms with E-state index in [1.165, 1.54) is 19.0 Å². The largest absolute Gasteiger partial charge is 0.315 e. The van der Waals surface area contributed by atoms with E-state index in [4.69, 9.17) is 0 Å². The average molecular weight is 260 g/mol. The minimum atomic E-state index is -3.07. The van der Waals surface area contributed by atoms with Gasteiger partial charge in [0.2, 0.25) is 10.0 Å². The molecule has 2 N–H and O–H groups in total. The molecule has 0 heterocycles. The van der Waals surface area contributed by atoms with Crippen molar-refractivity contribution in [3.8, 4) is 0 Å². The lowest BCUT2D eigenvalue weighted by atomic mass is 9.84. The molecule has 0 saturated carbocycles. The maximum Gasteiger partial charge on any atom is 0.212 e. The number of hydrogen-bond acceptors (Lipinski definition) is 3. The maximum atomic E-state index is 11.2. The summed E-state index contributed by atoms with van der Waals surface area (Å²) < 4.78 is 24.7. The van der Waals surface area contributed by atoms with Crippen LogP contribution in [0.15, 0.2) is 11.6 Å². The lowest BCUT2D eigenvalue weighted by molar-refractivity contribution is 0.385. The Morgan fingerprint density at radius 3 is 2.76 bits per heavy atom. The summed E-state index contributed by atoms with van der Waals surface area (Å²) in [5.41, 5.74) is 1.46. The van der Waals surface area contributed by atoms with E-state index in [1.54, 1.807) is 0 Å². The Bertz CT molecular complexity index is 363. The normalized spacial score (nSPS) is 25.7. The number of allylic oxidation sites excluding steroid dienone is 2. The molecule has 0 fully saturated rings. The quantitative estimate of drug-likeness (QED) is 0.556. The minimum absolute atomic E-state index is 0.153. The molecule has 0 aromatic heterocycles. The fraction of sp³-hybridized carbons (Fsp3) is 0.833. The van der Waals surface area contributed by atoms with E-state index in [9.17, 15) is 8.42 Å². The molecule has 0 amide bonds. The summed E-state index contributed by atoms with van der Waals surface area (Å²) >= 11 is 0. The molecule has 1 rings (SSSR count). The summed E-state index contributed by atoms with van der Waals surface area (Å²) in [5.74, 6) is 1.45. The third-order valence-corrected chi connectivity index (χ3v) is 4.54. The Morgan fingerprint density at radius 2 is 2.18 bits per heavy atom. The highest BCUT2D eigenvalue weighted by Crippen LogP contribution is 2.26. The van der Waals surface area contributed by atoms with Gasteiger partial charge in [0, 0.05) is 6.54 Å². The van der Waals surface area contributed by atoms with Crippen LogP contribution in [0, 0.1) is 11.8 Å². The topological polar surface area (TPSA) is 58.2 Å². The molecule has 100 valence electrons. The molecule has 0 aliphatic heterocycles. The number of nitrogens with one attached hydrogen (secondary N) is 2. The van der Waals surface area contributed by atoms with E-state index in [0.717, 1.165) is 13.0 Å². The Kier molecular flexibility index (Phi) is 5.62. The molecule has 1 aliphatic carbocycles. The fourth-order valence-corrected chi connectivity index (χ4v) is 3.07. The van der Waals surface area contributed by atoms with E-state index < -0.39 is 10.0 Å². The van der Waals surface area contributed by atoms with Crippen LogP contribution in [0.25, 0.3) is 0 Å². The molecular formula is C12H24N2O2S. The third kappa shape index (κ3) is 5.66. The molecule has 4 nitrogen and oxygen atoms in total. The first-order chi connectivity index (χ1) is 7.93. The predicted octanol–water partition coefficient (Wildman–Crippen LogP) is 1.12. The van der Waals surface area contributed by atoms with Crippen molar-refractivity contribution in [3.63, 3.8) is 0 Å². The van der Waals surface area contributed by atoms with Crippen molar-refractivity contribution in [2.75, 3.05) is 25.9 Å². The summed E-state index contributed by atoms with van der Waals surface area (Å²) in [4.78, 5) is 0. The molecule has 2 unspecified atom stereocenters. The van der Waals surface area contributed by atoms with Gasteiger partial charge in [-0.2, -0.15) is 0 Å². The second-order valence-corrected chi connectivity index (χ2v) is 7.07. The van der Waals surface area contributed by atoms with Gasteiger partial charge in [0.25, 0.3) is 0 Å². The molecule has 0 radical (unpaired) electrons. The average Bonchev–Trinajstić information content (AvgIpc) is 2.23. The Balaban J connectivity index is 2.22. The van der Waals surface area contributed by atoms with Crippen LogP contribution in [0.3, 0.4) is 0 Å². The van der Waals surface area contributed by atoms with Crippen molar-refractivity contribution in [2.45, 2.75) is 26.7 Å². The molecule has 5 heteroatoms. The zero-order valence-corrected chi connectivity index (χ0v) is 11.8. The fourth-order valence-electron chi connectivity index (χ4n) is 2.46. The van der Waals surface area contributed by atoms with Crippen LogP contribution in [0.1, 0.15) is 26.7 Å². The molecule has 0 aromatic carbocycles. The smallest absolute Gasteiger partial charge is 0.212 e. The lowest BCUT2D eigenvalue weighted by Crippen LogP contribution is -2.33. The zero-order valence-electron chi connectivity index (χ0n) is 11.0. The second-order valence-electron chi connectivity index (χ2n) is 5.02. The summed E-state index contributed by atoms with van der Waals surface area (Å²) in [6.45, 7) is 5.85. The lowest BCUT2D eigenvalue weighted by Gasteiger charge is -2.25. The highest BCUT2D eigenvalue weighted by molar-refractivity contribution is 7.89. The first-order valence-corrected chi connectivity index (χ1v) is 7.87. The van der Waals surface area contributed by atoms with Gasteiger partial charge in [0.15, 0.2) is 0 Å². The van der Waals surface area contributed by atoms with Crippen molar-refractivity contribution >= 4 is 10.0 Å². The van der Waals surface area contributed by atoms with Gasteiger partial charge in [0.1, 0.15) is 0 Å². The van der Waals surface area contributed by atoms with E-state index >= 15 is 0 Å². The maximum absolute atomic E-state index is 11.2. The van der Waals surface area contributed by atoms with Crippen molar-refractivity contribution in [1.82, 2.24) is 10.0 Å². The van der Waals surface area contributed by atoms with Crippen LogP contribution in [-0.2, 0) is 10.0 Å². The molecule has 0 bridgehead atoms. The highest BCUT2D eigenvalue weighted by Gasteiger charge is 2.17. The Labute approximate surface area is 105 Å². The second kappa shape index (κ2) is 6.52. The first-order valence-electron chi connectivity index (χ1n) is 6.22. The molecule has 2 atom stereocenters. The molecule has 0 saturated heterocycles. The van der Waals surface area contributed by atoms with Gasteiger partial charge >= 0.3 is 0 Å². The molecule has 0 aromatic rings. The molecule has 1 aliphatic rings. The van der Waals surface area contributed by atoms with Crippen LogP contribution in [0.5, 0.6) is 0 Å². The zero-order chi connectivity index (χ0) is 12.9. The Hall–Kier alpha value is -0.390. The van der Waals surface area contributed by atoms with Gasteiger partial charge in [-0.25, -0.2) is 13.1 Å². The summed E-state index contributed by atoms with van der Waals surface area (Å²) in [6.07, 6.45) is 4.67. The third-order valence-electron chi connectivity index (χ3n) is 3.18. The highest BCUT2D eigenvalue weighted by atomic mass is 32.2. The van der Waals surface area contributed by atoms with Crippen LogP contribution < -0.4 is 10.0 Å². The van der Waals surface area contributed by atoms with Gasteiger partial charge in [0.05, 0.1) is 5.75 Å². The van der Waals surface area contributed by atoms with E-state index in [-0.39, 0.29) is 5.75 Å². The van der Waals surface area contributed by atoms with Gasteiger partial charge in [-0.15, -0.1) is 0 Å². The number of hydrogen-bond donors (Lipinski definition) is 2. The van der Waals surface area contributed by atoms with Gasteiger partial charge in [-0.3, -0.25) is 0 Å². The summed E-state index contributed by atoms with van der Waals surface area (Å²) in [7, 11) is -1.62. The van der Waals surface area contributed by atoms with Crippen LogP contribution in [0.4, 0.5) is 0 Å². The summed E-state index contributed by atoms with van der Waals surface area (Å²) in [5, 5.41) is 3.24.